The number of hydrogen-bond donors (Lipinski definition) is 1. The number of carbonyl (C=O) groups is 1. The summed E-state index contributed by atoms with van der Waals surface area (Å²) in [5, 5.41) is 2.94. The van der Waals surface area contributed by atoms with E-state index in [9.17, 15) is 4.79 Å². The first-order chi connectivity index (χ1) is 11.2. The predicted molar refractivity (Wildman–Crippen MR) is 89.6 cm³/mol. The number of furan rings is 1. The Labute approximate surface area is 137 Å². The van der Waals surface area contributed by atoms with Gasteiger partial charge in [-0.2, -0.15) is 0 Å². The van der Waals surface area contributed by atoms with E-state index in [0.29, 0.717) is 19.1 Å². The van der Waals surface area contributed by atoms with E-state index in [0.717, 1.165) is 18.2 Å². The maximum Gasteiger partial charge on any atom is 0.234 e. The van der Waals surface area contributed by atoms with Gasteiger partial charge < -0.3 is 9.73 Å². The fraction of sp³-hybridized carbons (Fsp3) is 0.421. The van der Waals surface area contributed by atoms with Crippen molar-refractivity contribution in [1.82, 2.24) is 10.2 Å². The summed E-state index contributed by atoms with van der Waals surface area (Å²) in [7, 11) is 0. The zero-order valence-corrected chi connectivity index (χ0v) is 13.6. The Morgan fingerprint density at radius 2 is 2.04 bits per heavy atom. The largest absolute Gasteiger partial charge is 0.467 e. The highest BCUT2D eigenvalue weighted by atomic mass is 16.3. The summed E-state index contributed by atoms with van der Waals surface area (Å²) in [5.41, 5.74) is 1.25. The molecule has 1 aromatic heterocycles. The lowest BCUT2D eigenvalue weighted by atomic mass is 10.1. The van der Waals surface area contributed by atoms with Crippen molar-refractivity contribution in [1.29, 1.82) is 0 Å². The summed E-state index contributed by atoms with van der Waals surface area (Å²) in [6.45, 7) is 3.92. The van der Waals surface area contributed by atoms with E-state index >= 15 is 0 Å². The molecule has 0 bridgehead atoms. The molecule has 1 unspecified atom stereocenters. The van der Waals surface area contributed by atoms with Crippen LogP contribution in [0.1, 0.15) is 31.1 Å². The van der Waals surface area contributed by atoms with Crippen LogP contribution < -0.4 is 5.32 Å². The highest BCUT2D eigenvalue weighted by Gasteiger charge is 2.32. The zero-order chi connectivity index (χ0) is 16.1. The molecule has 1 amide bonds. The maximum atomic E-state index is 12.3. The molecule has 1 saturated carbocycles. The minimum atomic E-state index is 0.0461. The van der Waals surface area contributed by atoms with Crippen LogP contribution in [0.15, 0.2) is 53.1 Å². The Morgan fingerprint density at radius 1 is 1.26 bits per heavy atom. The van der Waals surface area contributed by atoms with Crippen LogP contribution in [-0.4, -0.2) is 23.4 Å². The fourth-order valence-electron chi connectivity index (χ4n) is 2.88. The molecule has 2 aromatic rings. The molecule has 4 heteroatoms. The van der Waals surface area contributed by atoms with Gasteiger partial charge in [0.05, 0.1) is 19.4 Å². The van der Waals surface area contributed by atoms with Gasteiger partial charge in [-0.3, -0.25) is 9.69 Å². The minimum absolute atomic E-state index is 0.0461. The van der Waals surface area contributed by atoms with E-state index in [-0.39, 0.29) is 5.91 Å². The Hall–Kier alpha value is -2.07. The van der Waals surface area contributed by atoms with Gasteiger partial charge in [0, 0.05) is 12.6 Å². The summed E-state index contributed by atoms with van der Waals surface area (Å²) in [4.78, 5) is 14.6. The van der Waals surface area contributed by atoms with Gasteiger partial charge in [-0.1, -0.05) is 30.3 Å². The third-order valence-electron chi connectivity index (χ3n) is 4.50. The zero-order valence-electron chi connectivity index (χ0n) is 13.6. The van der Waals surface area contributed by atoms with Gasteiger partial charge in [-0.25, -0.2) is 0 Å². The van der Waals surface area contributed by atoms with E-state index in [1.54, 1.807) is 6.26 Å². The van der Waals surface area contributed by atoms with Crippen molar-refractivity contribution < 1.29 is 9.21 Å². The summed E-state index contributed by atoms with van der Waals surface area (Å²) in [6.07, 6.45) is 4.18. The number of nitrogens with zero attached hydrogens (tertiary/aromatic N) is 1. The van der Waals surface area contributed by atoms with Crippen molar-refractivity contribution in [3.63, 3.8) is 0 Å². The van der Waals surface area contributed by atoms with E-state index < -0.39 is 0 Å². The standard InChI is InChI=1S/C19H24N2O2/c1-15(17-9-10-17)21(13-16-6-3-2-4-7-16)14-19(22)20-12-18-8-5-11-23-18/h2-8,11,15,17H,9-10,12-14H2,1H3,(H,20,22). The normalized spacial score (nSPS) is 15.6. The number of benzene rings is 1. The quantitative estimate of drug-likeness (QED) is 0.814. The molecule has 1 N–H and O–H groups in total. The first-order valence-corrected chi connectivity index (χ1v) is 8.29. The van der Waals surface area contributed by atoms with Crippen LogP contribution in [0.5, 0.6) is 0 Å². The van der Waals surface area contributed by atoms with Crippen molar-refractivity contribution in [3.8, 4) is 0 Å². The Bertz CT molecular complexity index is 606. The topological polar surface area (TPSA) is 45.5 Å². The van der Waals surface area contributed by atoms with Crippen LogP contribution in [-0.2, 0) is 17.9 Å². The second kappa shape index (κ2) is 7.47. The molecule has 0 saturated heterocycles. The molecule has 3 rings (SSSR count). The number of rotatable bonds is 8. The van der Waals surface area contributed by atoms with Crippen molar-refractivity contribution in [2.75, 3.05) is 6.54 Å². The summed E-state index contributed by atoms with van der Waals surface area (Å²) >= 11 is 0. The number of amides is 1. The Morgan fingerprint density at radius 3 is 2.70 bits per heavy atom. The number of carbonyl (C=O) groups excluding carboxylic acids is 1. The van der Waals surface area contributed by atoms with Crippen molar-refractivity contribution in [2.45, 2.75) is 38.9 Å². The molecule has 0 aliphatic heterocycles. The van der Waals surface area contributed by atoms with E-state index in [4.69, 9.17) is 4.42 Å². The van der Waals surface area contributed by atoms with E-state index in [1.807, 2.05) is 30.3 Å². The molecule has 4 nitrogen and oxygen atoms in total. The van der Waals surface area contributed by atoms with Gasteiger partial charge in [-0.15, -0.1) is 0 Å². The van der Waals surface area contributed by atoms with Crippen LogP contribution in [0.2, 0.25) is 0 Å². The van der Waals surface area contributed by atoms with Crippen LogP contribution in [0.3, 0.4) is 0 Å². The first kappa shape index (κ1) is 15.8. The average Bonchev–Trinajstić information content (AvgIpc) is 3.29. The van der Waals surface area contributed by atoms with Crippen molar-refractivity contribution >= 4 is 5.91 Å². The SMILES string of the molecule is CC(C1CC1)N(CC(=O)NCc1ccco1)Cc1ccccc1. The molecule has 1 aromatic carbocycles. The van der Waals surface area contributed by atoms with Gasteiger partial charge >= 0.3 is 0 Å². The van der Waals surface area contributed by atoms with Crippen LogP contribution in [0, 0.1) is 5.92 Å². The van der Waals surface area contributed by atoms with E-state index in [1.165, 1.54) is 18.4 Å². The van der Waals surface area contributed by atoms with Crippen LogP contribution in [0.25, 0.3) is 0 Å². The second-order valence-electron chi connectivity index (χ2n) is 6.32. The molecule has 1 aliphatic rings. The smallest absolute Gasteiger partial charge is 0.234 e. The molecule has 1 fully saturated rings. The second-order valence-corrected chi connectivity index (χ2v) is 6.32. The molecule has 1 atom stereocenters. The number of nitrogens with one attached hydrogen (secondary N) is 1. The van der Waals surface area contributed by atoms with Gasteiger partial charge in [0.15, 0.2) is 0 Å². The van der Waals surface area contributed by atoms with Crippen molar-refractivity contribution in [3.05, 3.63) is 60.1 Å². The molecule has 23 heavy (non-hydrogen) atoms. The monoisotopic (exact) mass is 312 g/mol. The highest BCUT2D eigenvalue weighted by molar-refractivity contribution is 5.78. The fourth-order valence-corrected chi connectivity index (χ4v) is 2.88. The minimum Gasteiger partial charge on any atom is -0.467 e. The highest BCUT2D eigenvalue weighted by Crippen LogP contribution is 2.35. The lowest BCUT2D eigenvalue weighted by Crippen LogP contribution is -2.42. The summed E-state index contributed by atoms with van der Waals surface area (Å²) in [6, 6.07) is 14.5. The van der Waals surface area contributed by atoms with Gasteiger partial charge in [-0.05, 0) is 43.4 Å². The Balaban J connectivity index is 1.57. The molecular weight excluding hydrogens is 288 g/mol. The lowest BCUT2D eigenvalue weighted by Gasteiger charge is -2.28. The molecule has 1 aliphatic carbocycles. The average molecular weight is 312 g/mol. The third kappa shape index (κ3) is 4.70. The molecular formula is C19H24N2O2. The third-order valence-corrected chi connectivity index (χ3v) is 4.50. The summed E-state index contributed by atoms with van der Waals surface area (Å²) in [5.74, 6) is 1.56. The Kier molecular flexibility index (Phi) is 5.13. The lowest BCUT2D eigenvalue weighted by molar-refractivity contribution is -0.123. The molecule has 0 spiro atoms. The van der Waals surface area contributed by atoms with Crippen LogP contribution >= 0.6 is 0 Å². The van der Waals surface area contributed by atoms with E-state index in [2.05, 4.69) is 29.3 Å². The molecule has 122 valence electrons. The summed E-state index contributed by atoms with van der Waals surface area (Å²) < 4.78 is 5.25. The molecule has 0 radical (unpaired) electrons. The van der Waals surface area contributed by atoms with Crippen molar-refractivity contribution in [2.24, 2.45) is 5.92 Å². The number of hydrogen-bond acceptors (Lipinski definition) is 3. The van der Waals surface area contributed by atoms with Gasteiger partial charge in [0.25, 0.3) is 0 Å². The molecule has 1 heterocycles. The first-order valence-electron chi connectivity index (χ1n) is 8.29. The van der Waals surface area contributed by atoms with Gasteiger partial charge in [0.1, 0.15) is 5.76 Å². The maximum absolute atomic E-state index is 12.3. The van der Waals surface area contributed by atoms with Gasteiger partial charge in [0.2, 0.25) is 5.91 Å². The predicted octanol–water partition coefficient (Wildman–Crippen LogP) is 3.20. The van der Waals surface area contributed by atoms with Crippen LogP contribution in [0.4, 0.5) is 0 Å².